The number of H-pyrrole nitrogens is 2. The number of rotatable bonds is 3. The van der Waals surface area contributed by atoms with Crippen LogP contribution in [0.3, 0.4) is 0 Å². The van der Waals surface area contributed by atoms with Crippen LogP contribution in [0.5, 0.6) is 0 Å². The fourth-order valence-corrected chi connectivity index (χ4v) is 2.42. The summed E-state index contributed by atoms with van der Waals surface area (Å²) in [6.45, 7) is -0.245. The Labute approximate surface area is 118 Å². The molecule has 0 amide bonds. The van der Waals surface area contributed by atoms with Gasteiger partial charge >= 0.3 is 0 Å². The van der Waals surface area contributed by atoms with Crippen LogP contribution in [0.2, 0.25) is 0 Å². The predicted molar refractivity (Wildman–Crippen MR) is 76.5 cm³/mol. The number of aliphatic hydroxyl groups is 1. The summed E-state index contributed by atoms with van der Waals surface area (Å²) in [6.07, 6.45) is 1.58. The Kier molecular flexibility index (Phi) is 3.19. The zero-order valence-corrected chi connectivity index (χ0v) is 10.9. The molecular formula is C14H13FN4O2. The van der Waals surface area contributed by atoms with Crippen molar-refractivity contribution in [1.29, 1.82) is 0 Å². The zero-order chi connectivity index (χ0) is 15.0. The summed E-state index contributed by atoms with van der Waals surface area (Å²) in [7, 11) is 0. The Bertz CT molecular complexity index is 856. The van der Waals surface area contributed by atoms with E-state index in [4.69, 9.17) is 5.73 Å². The molecule has 1 aromatic carbocycles. The number of nitrogens with zero attached hydrogens (tertiary/aromatic N) is 1. The smallest absolute Gasteiger partial charge is 0.276 e. The van der Waals surface area contributed by atoms with E-state index in [2.05, 4.69) is 15.0 Å². The highest BCUT2D eigenvalue weighted by molar-refractivity contribution is 5.80. The maximum absolute atomic E-state index is 13.4. The third-order valence-electron chi connectivity index (χ3n) is 3.39. The van der Waals surface area contributed by atoms with Crippen LogP contribution in [-0.2, 0) is 0 Å². The van der Waals surface area contributed by atoms with Gasteiger partial charge in [0.1, 0.15) is 16.9 Å². The molecule has 0 saturated carbocycles. The van der Waals surface area contributed by atoms with Gasteiger partial charge in [-0.05, 0) is 17.7 Å². The number of nitrogens with one attached hydrogen (secondary N) is 2. The van der Waals surface area contributed by atoms with Crippen LogP contribution >= 0.6 is 0 Å². The molecule has 21 heavy (non-hydrogen) atoms. The molecule has 2 aromatic heterocycles. The summed E-state index contributed by atoms with van der Waals surface area (Å²) < 4.78 is 13.4. The molecule has 6 nitrogen and oxygen atoms in total. The summed E-state index contributed by atoms with van der Waals surface area (Å²) in [6, 6.07) is 5.94. The Morgan fingerprint density at radius 2 is 2.24 bits per heavy atom. The first-order valence-electron chi connectivity index (χ1n) is 6.33. The van der Waals surface area contributed by atoms with Crippen molar-refractivity contribution in [3.05, 3.63) is 57.8 Å². The number of aliphatic hydroxyl groups excluding tert-OH is 1. The first-order valence-corrected chi connectivity index (χ1v) is 6.33. The molecule has 0 spiro atoms. The van der Waals surface area contributed by atoms with Crippen molar-refractivity contribution in [2.75, 3.05) is 12.3 Å². The number of anilines is 1. The standard InChI is InChI=1S/C14H13FN4O2/c15-8-3-1-2-7(4-8)10(6-20)9-5-17-12-11(9)18-14(16)19-13(12)21/h1-5,10,17,20H,6H2,(H3,16,18,19,21)/t10-/m0/s1. The number of aromatic amines is 2. The van der Waals surface area contributed by atoms with Crippen molar-refractivity contribution in [3.8, 4) is 0 Å². The van der Waals surface area contributed by atoms with Crippen LogP contribution in [0.25, 0.3) is 11.0 Å². The van der Waals surface area contributed by atoms with E-state index < -0.39 is 11.7 Å². The van der Waals surface area contributed by atoms with Gasteiger partial charge in [-0.15, -0.1) is 0 Å². The Balaban J connectivity index is 2.20. The number of hydrogen-bond acceptors (Lipinski definition) is 4. The zero-order valence-electron chi connectivity index (χ0n) is 10.9. The molecule has 0 fully saturated rings. The van der Waals surface area contributed by atoms with Crippen molar-refractivity contribution in [2.24, 2.45) is 0 Å². The van der Waals surface area contributed by atoms with E-state index in [0.717, 1.165) is 0 Å². The average Bonchev–Trinajstić information content (AvgIpc) is 2.84. The van der Waals surface area contributed by atoms with E-state index in [1.165, 1.54) is 12.1 Å². The van der Waals surface area contributed by atoms with E-state index in [1.807, 2.05) is 0 Å². The number of nitrogen functional groups attached to an aromatic ring is 1. The predicted octanol–water partition coefficient (Wildman–Crippen LogP) is 1.10. The maximum Gasteiger partial charge on any atom is 0.276 e. The highest BCUT2D eigenvalue weighted by atomic mass is 19.1. The van der Waals surface area contributed by atoms with Crippen molar-refractivity contribution in [3.63, 3.8) is 0 Å². The lowest BCUT2D eigenvalue weighted by Gasteiger charge is -2.13. The molecule has 0 aliphatic rings. The molecule has 5 N–H and O–H groups in total. The molecule has 108 valence electrons. The van der Waals surface area contributed by atoms with Gasteiger partial charge in [0.15, 0.2) is 0 Å². The normalized spacial score (nSPS) is 12.7. The second-order valence-corrected chi connectivity index (χ2v) is 4.71. The quantitative estimate of drug-likeness (QED) is 0.578. The Hall–Kier alpha value is -2.67. The topological polar surface area (TPSA) is 108 Å². The molecule has 0 aliphatic heterocycles. The third kappa shape index (κ3) is 2.27. The molecular weight excluding hydrogens is 275 g/mol. The summed E-state index contributed by atoms with van der Waals surface area (Å²) in [4.78, 5) is 21.1. The lowest BCUT2D eigenvalue weighted by atomic mass is 9.93. The minimum atomic E-state index is -0.497. The monoisotopic (exact) mass is 288 g/mol. The molecule has 0 radical (unpaired) electrons. The van der Waals surface area contributed by atoms with Gasteiger partial charge in [-0.2, -0.15) is 0 Å². The average molecular weight is 288 g/mol. The number of hydrogen-bond donors (Lipinski definition) is 4. The van der Waals surface area contributed by atoms with Crippen LogP contribution < -0.4 is 11.3 Å². The first-order chi connectivity index (χ1) is 10.1. The molecule has 1 atom stereocenters. The molecule has 2 heterocycles. The summed E-state index contributed by atoms with van der Waals surface area (Å²) in [5, 5.41) is 9.66. The highest BCUT2D eigenvalue weighted by Crippen LogP contribution is 2.29. The van der Waals surface area contributed by atoms with Gasteiger partial charge in [-0.1, -0.05) is 12.1 Å². The van der Waals surface area contributed by atoms with Crippen LogP contribution in [0.1, 0.15) is 17.0 Å². The van der Waals surface area contributed by atoms with Gasteiger partial charge in [-0.3, -0.25) is 9.78 Å². The second kappa shape index (κ2) is 5.02. The number of halogens is 1. The number of nitrogens with two attached hydrogens (primary N) is 1. The van der Waals surface area contributed by atoms with Crippen molar-refractivity contribution in [1.82, 2.24) is 15.0 Å². The van der Waals surface area contributed by atoms with Crippen LogP contribution in [0, 0.1) is 5.82 Å². The maximum atomic E-state index is 13.4. The van der Waals surface area contributed by atoms with Gasteiger partial charge in [0.05, 0.1) is 6.61 Å². The second-order valence-electron chi connectivity index (χ2n) is 4.71. The largest absolute Gasteiger partial charge is 0.395 e. The first kappa shape index (κ1) is 13.3. The number of benzene rings is 1. The molecule has 3 rings (SSSR count). The molecule has 0 aliphatic carbocycles. The van der Waals surface area contributed by atoms with Crippen LogP contribution in [-0.4, -0.2) is 26.7 Å². The van der Waals surface area contributed by atoms with Gasteiger partial charge < -0.3 is 15.8 Å². The molecule has 0 saturated heterocycles. The minimum Gasteiger partial charge on any atom is -0.395 e. The summed E-state index contributed by atoms with van der Waals surface area (Å²) in [5.41, 5.74) is 7.00. The van der Waals surface area contributed by atoms with Gasteiger partial charge in [0.25, 0.3) is 5.56 Å². The van der Waals surface area contributed by atoms with E-state index in [-0.39, 0.29) is 23.6 Å². The molecule has 3 aromatic rings. The molecule has 0 bridgehead atoms. The number of aromatic nitrogens is 3. The number of fused-ring (bicyclic) bond motifs is 1. The van der Waals surface area contributed by atoms with Gasteiger partial charge in [0.2, 0.25) is 5.95 Å². The highest BCUT2D eigenvalue weighted by Gasteiger charge is 2.20. The van der Waals surface area contributed by atoms with Gasteiger partial charge in [-0.25, -0.2) is 9.37 Å². The van der Waals surface area contributed by atoms with E-state index >= 15 is 0 Å². The Morgan fingerprint density at radius 1 is 1.43 bits per heavy atom. The SMILES string of the molecule is Nc1nc2c([C@@H](CO)c3cccc(F)c3)c[nH]c2c(=O)[nH]1. The lowest BCUT2D eigenvalue weighted by molar-refractivity contribution is 0.281. The minimum absolute atomic E-state index is 0.00992. The molecule has 7 heteroatoms. The summed E-state index contributed by atoms with van der Waals surface area (Å²) in [5.74, 6) is -0.899. The van der Waals surface area contributed by atoms with E-state index in [0.29, 0.717) is 16.6 Å². The van der Waals surface area contributed by atoms with Gasteiger partial charge in [0, 0.05) is 17.7 Å². The van der Waals surface area contributed by atoms with Crippen molar-refractivity contribution < 1.29 is 9.50 Å². The van der Waals surface area contributed by atoms with Crippen molar-refractivity contribution in [2.45, 2.75) is 5.92 Å². The van der Waals surface area contributed by atoms with E-state index in [9.17, 15) is 14.3 Å². The van der Waals surface area contributed by atoms with E-state index in [1.54, 1.807) is 18.3 Å². The fraction of sp³-hybridized carbons (Fsp3) is 0.143. The van der Waals surface area contributed by atoms with Crippen LogP contribution in [0.4, 0.5) is 10.3 Å². The fourth-order valence-electron chi connectivity index (χ4n) is 2.42. The summed E-state index contributed by atoms with van der Waals surface area (Å²) >= 11 is 0. The third-order valence-corrected chi connectivity index (χ3v) is 3.39. The Morgan fingerprint density at radius 3 is 2.95 bits per heavy atom. The molecule has 0 unspecified atom stereocenters. The lowest BCUT2D eigenvalue weighted by Crippen LogP contribution is -2.12. The van der Waals surface area contributed by atoms with Crippen molar-refractivity contribution >= 4 is 17.0 Å². The van der Waals surface area contributed by atoms with Crippen LogP contribution in [0.15, 0.2) is 35.3 Å².